The average Bonchev–Trinajstić information content (AvgIpc) is 2.48. The zero-order valence-electron chi connectivity index (χ0n) is 11.6. The number of benzene rings is 1. The second-order valence-electron chi connectivity index (χ2n) is 5.30. The summed E-state index contributed by atoms with van der Waals surface area (Å²) in [5, 5.41) is 13.0. The number of carboxylic acid groups (broad SMARTS) is 1. The number of fused-ring (bicyclic) bond motifs is 1. The Hall–Kier alpha value is -2.43. The zero-order chi connectivity index (χ0) is 14.8. The summed E-state index contributed by atoms with van der Waals surface area (Å²) >= 11 is 0. The Bertz CT molecular complexity index is 749. The summed E-state index contributed by atoms with van der Waals surface area (Å²) in [6.07, 6.45) is 4.61. The second-order valence-corrected chi connectivity index (χ2v) is 5.30. The van der Waals surface area contributed by atoms with E-state index in [-0.39, 0.29) is 0 Å². The highest BCUT2D eigenvalue weighted by atomic mass is 16.4. The summed E-state index contributed by atoms with van der Waals surface area (Å²) in [5.74, 6) is -1.08. The van der Waals surface area contributed by atoms with Crippen molar-refractivity contribution in [1.82, 2.24) is 9.78 Å². The van der Waals surface area contributed by atoms with E-state index < -0.39 is 18.1 Å². The first kappa shape index (κ1) is 13.5. The lowest BCUT2D eigenvalue weighted by Gasteiger charge is -2.16. The van der Waals surface area contributed by atoms with Crippen molar-refractivity contribution < 1.29 is 9.90 Å². The molecule has 0 bridgehead atoms. The zero-order valence-corrected chi connectivity index (χ0v) is 11.6. The number of aliphatic carboxylic acids is 1. The van der Waals surface area contributed by atoms with E-state index >= 15 is 0 Å². The minimum absolute atomic E-state index is 0.404. The molecule has 0 radical (unpaired) electrons. The lowest BCUT2D eigenvalue weighted by Crippen LogP contribution is -2.26. The van der Waals surface area contributed by atoms with Crippen LogP contribution in [0.25, 0.3) is 11.3 Å². The molecular weight excluding hydrogens is 268 g/mol. The van der Waals surface area contributed by atoms with Crippen LogP contribution in [0, 0.1) is 0 Å². The first-order valence-electron chi connectivity index (χ1n) is 7.05. The standard InChI is InChI=1S/C16H16N2O3/c19-15-8-7-14(17-18(15)10-16(20)21)13-6-5-11-3-1-2-4-12(11)9-13/h5-9H,1-4,10H2,(H,20,21). The van der Waals surface area contributed by atoms with Gasteiger partial charge in [-0.15, -0.1) is 0 Å². The van der Waals surface area contributed by atoms with Gasteiger partial charge in [0.25, 0.3) is 5.56 Å². The third kappa shape index (κ3) is 2.86. The molecule has 3 rings (SSSR count). The Balaban J connectivity index is 2.00. The third-order valence-electron chi connectivity index (χ3n) is 3.80. The molecule has 1 N–H and O–H groups in total. The normalized spacial score (nSPS) is 13.7. The Morgan fingerprint density at radius 2 is 1.90 bits per heavy atom. The van der Waals surface area contributed by atoms with Crippen LogP contribution in [0.4, 0.5) is 0 Å². The molecule has 0 saturated carbocycles. The second kappa shape index (κ2) is 5.52. The molecule has 1 heterocycles. The van der Waals surface area contributed by atoms with Crippen LogP contribution in [0.15, 0.2) is 35.1 Å². The summed E-state index contributed by atoms with van der Waals surface area (Å²) in [5.41, 5.74) is 3.86. The van der Waals surface area contributed by atoms with E-state index in [1.54, 1.807) is 6.07 Å². The van der Waals surface area contributed by atoms with Gasteiger partial charge in [0, 0.05) is 11.6 Å². The van der Waals surface area contributed by atoms with E-state index in [2.05, 4.69) is 17.2 Å². The summed E-state index contributed by atoms with van der Waals surface area (Å²) in [6.45, 7) is -0.419. The molecule has 0 saturated heterocycles. The minimum atomic E-state index is -1.08. The minimum Gasteiger partial charge on any atom is -0.480 e. The molecule has 1 aromatic carbocycles. The number of hydrogen-bond acceptors (Lipinski definition) is 3. The maximum Gasteiger partial charge on any atom is 0.325 e. The number of carbonyl (C=O) groups is 1. The number of aryl methyl sites for hydroxylation is 2. The van der Waals surface area contributed by atoms with Gasteiger partial charge in [-0.25, -0.2) is 4.68 Å². The molecule has 1 aliphatic carbocycles. The van der Waals surface area contributed by atoms with Crippen LogP contribution >= 0.6 is 0 Å². The molecule has 1 aromatic heterocycles. The number of carboxylic acids is 1. The molecule has 0 atom stereocenters. The van der Waals surface area contributed by atoms with Gasteiger partial charge in [0.05, 0.1) is 5.69 Å². The average molecular weight is 284 g/mol. The largest absolute Gasteiger partial charge is 0.480 e. The number of rotatable bonds is 3. The fraction of sp³-hybridized carbons (Fsp3) is 0.312. The lowest BCUT2D eigenvalue weighted by atomic mass is 9.90. The van der Waals surface area contributed by atoms with Crippen molar-refractivity contribution >= 4 is 5.97 Å². The van der Waals surface area contributed by atoms with Gasteiger partial charge in [-0.2, -0.15) is 5.10 Å². The molecule has 21 heavy (non-hydrogen) atoms. The first-order valence-corrected chi connectivity index (χ1v) is 7.05. The van der Waals surface area contributed by atoms with Crippen molar-refractivity contribution in [3.05, 3.63) is 51.8 Å². The van der Waals surface area contributed by atoms with E-state index in [0.29, 0.717) is 5.69 Å². The van der Waals surface area contributed by atoms with Crippen molar-refractivity contribution in [3.8, 4) is 11.3 Å². The number of nitrogens with zero attached hydrogens (tertiary/aromatic N) is 2. The van der Waals surface area contributed by atoms with E-state index in [1.807, 2.05) is 6.07 Å². The molecule has 0 spiro atoms. The predicted molar refractivity (Wildman–Crippen MR) is 78.2 cm³/mol. The molecule has 0 amide bonds. The Morgan fingerprint density at radius 3 is 2.67 bits per heavy atom. The van der Waals surface area contributed by atoms with Crippen molar-refractivity contribution in [2.75, 3.05) is 0 Å². The van der Waals surface area contributed by atoms with Gasteiger partial charge in [0.15, 0.2) is 0 Å². The van der Waals surface area contributed by atoms with Crippen LogP contribution in [0.3, 0.4) is 0 Å². The van der Waals surface area contributed by atoms with Gasteiger partial charge in [0.2, 0.25) is 0 Å². The van der Waals surface area contributed by atoms with Crippen LogP contribution < -0.4 is 5.56 Å². The summed E-state index contributed by atoms with van der Waals surface area (Å²) < 4.78 is 0.983. The van der Waals surface area contributed by atoms with Crippen LogP contribution in [-0.2, 0) is 24.2 Å². The van der Waals surface area contributed by atoms with Crippen molar-refractivity contribution in [2.45, 2.75) is 32.2 Å². The summed E-state index contributed by atoms with van der Waals surface area (Å²) in [7, 11) is 0. The fourth-order valence-corrected chi connectivity index (χ4v) is 2.74. The Morgan fingerprint density at radius 1 is 1.14 bits per heavy atom. The molecule has 5 nitrogen and oxygen atoms in total. The van der Waals surface area contributed by atoms with E-state index in [4.69, 9.17) is 5.11 Å². The highest BCUT2D eigenvalue weighted by Gasteiger charge is 2.12. The Labute approximate surface area is 121 Å². The predicted octanol–water partition coefficient (Wildman–Crippen LogP) is 1.87. The van der Waals surface area contributed by atoms with Crippen molar-refractivity contribution in [3.63, 3.8) is 0 Å². The Kier molecular flexibility index (Phi) is 3.56. The molecule has 108 valence electrons. The molecule has 2 aromatic rings. The monoisotopic (exact) mass is 284 g/mol. The van der Waals surface area contributed by atoms with Crippen LogP contribution in [0.1, 0.15) is 24.0 Å². The number of aromatic nitrogens is 2. The van der Waals surface area contributed by atoms with Crippen LogP contribution in [-0.4, -0.2) is 20.9 Å². The molecule has 0 unspecified atom stereocenters. The molecule has 1 aliphatic rings. The van der Waals surface area contributed by atoms with E-state index in [9.17, 15) is 9.59 Å². The summed E-state index contributed by atoms with van der Waals surface area (Å²) in [6, 6.07) is 9.21. The molecule has 0 aliphatic heterocycles. The van der Waals surface area contributed by atoms with Gasteiger partial charge >= 0.3 is 5.97 Å². The van der Waals surface area contributed by atoms with Gasteiger partial charge in [-0.1, -0.05) is 12.1 Å². The fourth-order valence-electron chi connectivity index (χ4n) is 2.74. The van der Waals surface area contributed by atoms with E-state index in [1.165, 1.54) is 30.0 Å². The quantitative estimate of drug-likeness (QED) is 0.934. The SMILES string of the molecule is O=C(O)Cn1nc(-c2ccc3c(c2)CCCC3)ccc1=O. The van der Waals surface area contributed by atoms with Gasteiger partial charge in [-0.3, -0.25) is 9.59 Å². The van der Waals surface area contributed by atoms with Gasteiger partial charge < -0.3 is 5.11 Å². The van der Waals surface area contributed by atoms with Crippen molar-refractivity contribution in [1.29, 1.82) is 0 Å². The maximum atomic E-state index is 11.6. The highest BCUT2D eigenvalue weighted by Crippen LogP contribution is 2.26. The molecule has 5 heteroatoms. The van der Waals surface area contributed by atoms with Gasteiger partial charge in [-0.05, 0) is 48.9 Å². The summed E-state index contributed by atoms with van der Waals surface area (Å²) in [4.78, 5) is 22.4. The molecular formula is C16H16N2O3. The lowest BCUT2D eigenvalue weighted by molar-refractivity contribution is -0.138. The van der Waals surface area contributed by atoms with Crippen LogP contribution in [0.2, 0.25) is 0 Å². The van der Waals surface area contributed by atoms with Crippen LogP contribution in [0.5, 0.6) is 0 Å². The van der Waals surface area contributed by atoms with Gasteiger partial charge in [0.1, 0.15) is 6.54 Å². The van der Waals surface area contributed by atoms with Crippen molar-refractivity contribution in [2.24, 2.45) is 0 Å². The highest BCUT2D eigenvalue weighted by molar-refractivity contribution is 5.66. The van der Waals surface area contributed by atoms with E-state index in [0.717, 1.165) is 23.1 Å². The topological polar surface area (TPSA) is 72.2 Å². The molecule has 0 fully saturated rings. The third-order valence-corrected chi connectivity index (χ3v) is 3.80. The smallest absolute Gasteiger partial charge is 0.325 e. The maximum absolute atomic E-state index is 11.6. The first-order chi connectivity index (χ1) is 10.1. The number of hydrogen-bond donors (Lipinski definition) is 1.